The van der Waals surface area contributed by atoms with Crippen LogP contribution in [0, 0.1) is 13.8 Å². The number of carbonyl (C=O) groups is 1. The van der Waals surface area contributed by atoms with Gasteiger partial charge >= 0.3 is 0 Å². The molecular formula is C28H37N5O. The Balaban J connectivity index is 1.91. The number of benzene rings is 2. The average molecular weight is 460 g/mol. The highest BCUT2D eigenvalue weighted by molar-refractivity contribution is 6.01. The van der Waals surface area contributed by atoms with E-state index in [1.165, 1.54) is 40.1 Å². The summed E-state index contributed by atoms with van der Waals surface area (Å²) in [6.07, 6.45) is 0.772. The fourth-order valence-electron chi connectivity index (χ4n) is 5.60. The molecule has 2 N–H and O–H groups in total. The summed E-state index contributed by atoms with van der Waals surface area (Å²) in [7, 11) is 0. The molecule has 0 unspecified atom stereocenters. The summed E-state index contributed by atoms with van der Waals surface area (Å²) in [5, 5.41) is 17.7. The average Bonchev–Trinajstić information content (AvgIpc) is 3.27. The first-order chi connectivity index (χ1) is 15.8. The zero-order chi connectivity index (χ0) is 25.0. The van der Waals surface area contributed by atoms with Gasteiger partial charge < -0.3 is 5.32 Å². The molecule has 2 aromatic heterocycles. The van der Waals surface area contributed by atoms with Gasteiger partial charge in [0.15, 0.2) is 5.82 Å². The fraction of sp³-hybridized carbons (Fsp3) is 0.464. The van der Waals surface area contributed by atoms with Crippen LogP contribution in [0.2, 0.25) is 0 Å². The van der Waals surface area contributed by atoms with E-state index in [0.717, 1.165) is 29.6 Å². The van der Waals surface area contributed by atoms with Crippen molar-refractivity contribution in [1.29, 1.82) is 0 Å². The number of hydrogen-bond donors (Lipinski definition) is 2. The Hall–Kier alpha value is -3.15. The Labute approximate surface area is 202 Å². The topological polar surface area (TPSA) is 75.6 Å². The lowest BCUT2D eigenvalue weighted by Gasteiger charge is -2.28. The van der Waals surface area contributed by atoms with Crippen molar-refractivity contribution in [2.45, 2.75) is 86.1 Å². The molecule has 0 fully saturated rings. The van der Waals surface area contributed by atoms with Gasteiger partial charge in [0.05, 0.1) is 16.7 Å². The zero-order valence-corrected chi connectivity index (χ0v) is 22.0. The van der Waals surface area contributed by atoms with E-state index in [4.69, 9.17) is 5.10 Å². The van der Waals surface area contributed by atoms with E-state index in [1.807, 2.05) is 6.07 Å². The predicted molar refractivity (Wildman–Crippen MR) is 141 cm³/mol. The summed E-state index contributed by atoms with van der Waals surface area (Å²) in [5.74, 6) is 0.459. The maximum absolute atomic E-state index is 11.8. The fourth-order valence-corrected chi connectivity index (χ4v) is 5.60. The summed E-state index contributed by atoms with van der Waals surface area (Å²) in [6.45, 7) is 20.2. The molecule has 0 aliphatic heterocycles. The second-order valence-electron chi connectivity index (χ2n) is 11.2. The number of carbonyl (C=O) groups excluding carboxylic acids is 1. The molecule has 0 bridgehead atoms. The first-order valence-electron chi connectivity index (χ1n) is 12.1. The predicted octanol–water partition coefficient (Wildman–Crippen LogP) is 6.33. The molecule has 0 radical (unpaired) electrons. The lowest BCUT2D eigenvalue weighted by atomic mass is 9.76. The van der Waals surface area contributed by atoms with Gasteiger partial charge in [-0.3, -0.25) is 14.6 Å². The van der Waals surface area contributed by atoms with Crippen molar-refractivity contribution >= 4 is 33.5 Å². The van der Waals surface area contributed by atoms with Crippen LogP contribution in [-0.2, 0) is 28.6 Å². The van der Waals surface area contributed by atoms with Gasteiger partial charge in [0.2, 0.25) is 5.91 Å². The second kappa shape index (κ2) is 8.26. The Morgan fingerprint density at radius 3 is 2.29 bits per heavy atom. The van der Waals surface area contributed by atoms with Crippen molar-refractivity contribution in [3.63, 3.8) is 0 Å². The van der Waals surface area contributed by atoms with Gasteiger partial charge in [0, 0.05) is 30.7 Å². The van der Waals surface area contributed by atoms with Crippen molar-refractivity contribution in [3.05, 3.63) is 52.2 Å². The van der Waals surface area contributed by atoms with E-state index in [2.05, 4.69) is 93.8 Å². The van der Waals surface area contributed by atoms with Crippen LogP contribution in [0.25, 0.3) is 21.8 Å². The molecule has 34 heavy (non-hydrogen) atoms. The summed E-state index contributed by atoms with van der Waals surface area (Å²) in [5.41, 5.74) is 8.09. The number of nitrogens with zero attached hydrogens (tertiary/aromatic N) is 3. The molecule has 180 valence electrons. The van der Waals surface area contributed by atoms with Crippen molar-refractivity contribution in [3.8, 4) is 0 Å². The first kappa shape index (κ1) is 24.0. The molecule has 4 aromatic rings. The van der Waals surface area contributed by atoms with Gasteiger partial charge in [0.25, 0.3) is 0 Å². The third-order valence-corrected chi connectivity index (χ3v) is 6.77. The number of H-pyrrole nitrogens is 1. The van der Waals surface area contributed by atoms with E-state index in [-0.39, 0.29) is 16.7 Å². The highest BCUT2D eigenvalue weighted by atomic mass is 16.1. The van der Waals surface area contributed by atoms with Crippen LogP contribution in [0.5, 0.6) is 0 Å². The molecular weight excluding hydrogens is 422 g/mol. The number of aromatic nitrogens is 4. The lowest BCUT2D eigenvalue weighted by molar-refractivity contribution is -0.114. The van der Waals surface area contributed by atoms with Crippen molar-refractivity contribution < 1.29 is 4.79 Å². The van der Waals surface area contributed by atoms with Crippen LogP contribution in [-0.4, -0.2) is 25.9 Å². The summed E-state index contributed by atoms with van der Waals surface area (Å²) in [4.78, 5) is 11.8. The standard InChI is InChI=1S/C28H37N5O/c1-10-33-25-19(13-11-17(3)24(25)27(5,6)7)21(32-33)15-28(8,9)23-16(2)12-14-20-22(23)26(31-30-20)29-18(4)34/h11-14H,10,15H2,1-9H3,(H2,29,30,31,34). The van der Waals surface area contributed by atoms with E-state index >= 15 is 0 Å². The highest BCUT2D eigenvalue weighted by Gasteiger charge is 2.31. The Morgan fingerprint density at radius 2 is 1.68 bits per heavy atom. The van der Waals surface area contributed by atoms with Crippen LogP contribution in [0.1, 0.15) is 76.4 Å². The quantitative estimate of drug-likeness (QED) is 0.366. The van der Waals surface area contributed by atoms with Gasteiger partial charge in [0.1, 0.15) is 0 Å². The van der Waals surface area contributed by atoms with Gasteiger partial charge in [-0.05, 0) is 59.9 Å². The number of anilines is 1. The Kier molecular flexibility index (Phi) is 5.83. The van der Waals surface area contributed by atoms with Crippen LogP contribution in [0.3, 0.4) is 0 Å². The minimum absolute atomic E-state index is 0.0234. The molecule has 2 heterocycles. The number of aromatic amines is 1. The van der Waals surface area contributed by atoms with Gasteiger partial charge in [-0.1, -0.05) is 52.8 Å². The van der Waals surface area contributed by atoms with Crippen LogP contribution < -0.4 is 5.32 Å². The normalized spacial score (nSPS) is 12.6. The SMILES string of the molecule is CCn1nc(CC(C)(C)c2c(C)ccc3[nH]nc(NC(C)=O)c23)c2ccc(C)c(C(C)(C)C)c21. The monoisotopic (exact) mass is 459 g/mol. The molecule has 0 aliphatic carbocycles. The molecule has 1 amide bonds. The number of hydrogen-bond acceptors (Lipinski definition) is 3. The molecule has 2 aromatic carbocycles. The third-order valence-electron chi connectivity index (χ3n) is 6.77. The van der Waals surface area contributed by atoms with Crippen LogP contribution in [0.15, 0.2) is 24.3 Å². The largest absolute Gasteiger partial charge is 0.309 e. The van der Waals surface area contributed by atoms with Gasteiger partial charge in [-0.2, -0.15) is 10.2 Å². The molecule has 0 aliphatic rings. The van der Waals surface area contributed by atoms with E-state index in [0.29, 0.717) is 5.82 Å². The minimum Gasteiger partial charge on any atom is -0.309 e. The highest BCUT2D eigenvalue weighted by Crippen LogP contribution is 2.40. The number of nitrogens with one attached hydrogen (secondary N) is 2. The third kappa shape index (κ3) is 3.99. The molecule has 0 atom stereocenters. The molecule has 0 spiro atoms. The summed E-state index contributed by atoms with van der Waals surface area (Å²) < 4.78 is 2.17. The molecule has 0 saturated carbocycles. The van der Waals surface area contributed by atoms with Crippen LogP contribution in [0.4, 0.5) is 5.82 Å². The Bertz CT molecular complexity index is 1400. The molecule has 0 saturated heterocycles. The molecule has 4 rings (SSSR count). The van der Waals surface area contributed by atoms with Crippen LogP contribution >= 0.6 is 0 Å². The first-order valence-corrected chi connectivity index (χ1v) is 12.1. The molecule has 6 heteroatoms. The van der Waals surface area contributed by atoms with E-state index in [1.54, 1.807) is 0 Å². The minimum atomic E-state index is -0.243. The zero-order valence-electron chi connectivity index (χ0n) is 22.0. The number of amides is 1. The van der Waals surface area contributed by atoms with Crippen molar-refractivity contribution in [2.24, 2.45) is 0 Å². The van der Waals surface area contributed by atoms with Crippen molar-refractivity contribution in [2.75, 3.05) is 5.32 Å². The summed E-state index contributed by atoms with van der Waals surface area (Å²) in [6, 6.07) is 8.62. The van der Waals surface area contributed by atoms with E-state index < -0.39 is 0 Å². The number of aryl methyl sites for hydroxylation is 3. The second-order valence-corrected chi connectivity index (χ2v) is 11.2. The maximum atomic E-state index is 11.8. The number of rotatable bonds is 5. The molecule has 6 nitrogen and oxygen atoms in total. The van der Waals surface area contributed by atoms with Crippen molar-refractivity contribution in [1.82, 2.24) is 20.0 Å². The van der Waals surface area contributed by atoms with Gasteiger partial charge in [-0.25, -0.2) is 0 Å². The maximum Gasteiger partial charge on any atom is 0.222 e. The Morgan fingerprint density at radius 1 is 1.03 bits per heavy atom. The lowest BCUT2D eigenvalue weighted by Crippen LogP contribution is -2.23. The number of fused-ring (bicyclic) bond motifs is 2. The smallest absolute Gasteiger partial charge is 0.222 e. The van der Waals surface area contributed by atoms with Gasteiger partial charge in [-0.15, -0.1) is 0 Å². The van der Waals surface area contributed by atoms with E-state index in [9.17, 15) is 4.79 Å². The summed E-state index contributed by atoms with van der Waals surface area (Å²) >= 11 is 0.